The number of carbonyl (C=O) groups excluding carboxylic acids is 1. The van der Waals surface area contributed by atoms with E-state index in [9.17, 15) is 9.90 Å². The monoisotopic (exact) mass is 516 g/mol. The molecular weight excluding hydrogens is 484 g/mol. The van der Waals surface area contributed by atoms with Crippen molar-refractivity contribution < 1.29 is 14.6 Å². The maximum Gasteiger partial charge on any atom is 0.315 e. The largest absolute Gasteiger partial charge is 0.460 e. The van der Waals surface area contributed by atoms with Crippen LogP contribution in [-0.2, 0) is 16.1 Å². The average molecular weight is 517 g/mol. The van der Waals surface area contributed by atoms with E-state index in [1.165, 1.54) is 0 Å². The van der Waals surface area contributed by atoms with Gasteiger partial charge >= 0.3 is 5.97 Å². The maximum atomic E-state index is 13.7. The van der Waals surface area contributed by atoms with Crippen LogP contribution in [0.4, 0.5) is 0 Å². The number of aliphatic hydroxyl groups is 1. The Morgan fingerprint density at radius 3 is 1.90 bits per heavy atom. The summed E-state index contributed by atoms with van der Waals surface area (Å²) in [6.07, 6.45) is 0.636. The van der Waals surface area contributed by atoms with Gasteiger partial charge < -0.3 is 9.84 Å². The summed E-state index contributed by atoms with van der Waals surface area (Å²) in [4.78, 5) is 13.7. The van der Waals surface area contributed by atoms with Gasteiger partial charge in [-0.25, -0.2) is 0 Å². The van der Waals surface area contributed by atoms with E-state index < -0.39 is 11.5 Å². The number of ether oxygens (including phenoxy) is 1. The minimum Gasteiger partial charge on any atom is -0.460 e. The molecule has 0 spiro atoms. The third-order valence-electron chi connectivity index (χ3n) is 7.06. The normalized spacial score (nSPS) is 21.7. The fourth-order valence-corrected chi connectivity index (χ4v) is 5.21. The molecular formula is C34H32N2O3. The lowest BCUT2D eigenvalue weighted by atomic mass is 9.68. The predicted molar refractivity (Wildman–Crippen MR) is 155 cm³/mol. The maximum absolute atomic E-state index is 13.7. The average Bonchev–Trinajstić information content (AvgIpc) is 2.97. The number of benzene rings is 4. The van der Waals surface area contributed by atoms with Crippen LogP contribution in [0.2, 0.25) is 0 Å². The number of hydrogen-bond acceptors (Lipinski definition) is 5. The number of hydrogen-bond donors (Lipinski definition) is 1. The van der Waals surface area contributed by atoms with E-state index in [2.05, 4.69) is 0 Å². The first-order valence-corrected chi connectivity index (χ1v) is 13.2. The van der Waals surface area contributed by atoms with Crippen molar-refractivity contribution in [2.45, 2.75) is 37.9 Å². The van der Waals surface area contributed by atoms with E-state index in [1.54, 1.807) is 6.92 Å². The summed E-state index contributed by atoms with van der Waals surface area (Å²) in [5, 5.41) is 20.7. The quantitative estimate of drug-likeness (QED) is 0.172. The molecule has 4 aromatic carbocycles. The fraction of sp³-hybridized carbons (Fsp3) is 0.206. The van der Waals surface area contributed by atoms with Gasteiger partial charge in [-0.2, -0.15) is 5.10 Å². The Labute approximate surface area is 229 Å². The van der Waals surface area contributed by atoms with Gasteiger partial charge in [0.15, 0.2) is 0 Å². The molecule has 1 aliphatic carbocycles. The van der Waals surface area contributed by atoms with E-state index in [1.807, 2.05) is 121 Å². The molecule has 0 radical (unpaired) electrons. The Balaban J connectivity index is 1.57. The van der Waals surface area contributed by atoms with E-state index in [4.69, 9.17) is 14.9 Å². The summed E-state index contributed by atoms with van der Waals surface area (Å²) < 4.78 is 5.84. The molecule has 4 aromatic rings. The molecule has 5 nitrogen and oxygen atoms in total. The summed E-state index contributed by atoms with van der Waals surface area (Å²) in [7, 11) is 0. The van der Waals surface area contributed by atoms with Crippen molar-refractivity contribution >= 4 is 17.4 Å². The second kappa shape index (κ2) is 12.0. The summed E-state index contributed by atoms with van der Waals surface area (Å²) in [5.41, 5.74) is 3.87. The molecule has 1 N–H and O–H groups in total. The lowest BCUT2D eigenvalue weighted by Gasteiger charge is -2.39. The first-order chi connectivity index (χ1) is 19.0. The van der Waals surface area contributed by atoms with Gasteiger partial charge in [-0.1, -0.05) is 121 Å². The molecule has 1 fully saturated rings. The van der Waals surface area contributed by atoms with Crippen molar-refractivity contribution in [2.75, 3.05) is 0 Å². The second-order valence-electron chi connectivity index (χ2n) is 10.2. The second-order valence-corrected chi connectivity index (χ2v) is 10.2. The SMILES string of the molecule is C[C@]1(O)C/C(=N/N=C(c2ccccc2)c2ccccc2)[C@H](C(=O)OCc2ccccc2)[C@@H](c2ccccc2)C1. The molecule has 0 aromatic heterocycles. The highest BCUT2D eigenvalue weighted by Crippen LogP contribution is 2.42. The van der Waals surface area contributed by atoms with E-state index in [0.29, 0.717) is 17.8 Å². The number of carbonyl (C=O) groups is 1. The van der Waals surface area contributed by atoms with Crippen LogP contribution in [0.25, 0.3) is 0 Å². The van der Waals surface area contributed by atoms with Crippen molar-refractivity contribution in [2.24, 2.45) is 16.1 Å². The van der Waals surface area contributed by atoms with Gasteiger partial charge in [-0.3, -0.25) is 4.79 Å². The topological polar surface area (TPSA) is 71.2 Å². The Hall–Kier alpha value is -4.35. The fourth-order valence-electron chi connectivity index (χ4n) is 5.21. The van der Waals surface area contributed by atoms with E-state index in [0.717, 1.165) is 22.3 Å². The lowest BCUT2D eigenvalue weighted by Crippen LogP contribution is -2.45. The zero-order valence-corrected chi connectivity index (χ0v) is 22.0. The third kappa shape index (κ3) is 6.57. The van der Waals surface area contributed by atoms with Crippen molar-refractivity contribution in [3.8, 4) is 0 Å². The Bertz CT molecular complexity index is 1390. The molecule has 196 valence electrons. The standard InChI is InChI=1S/C34H32N2O3/c1-34(38)22-29(26-16-8-3-9-17-26)31(33(37)39-24-25-14-6-2-7-15-25)30(23-34)35-36-32(27-18-10-4-11-19-27)28-20-12-5-13-21-28/h2-21,29,31,38H,22-24H2,1H3/b35-30-/t29-,31-,34-/m1/s1. The van der Waals surface area contributed by atoms with Crippen LogP contribution in [0.1, 0.15) is 47.9 Å². The van der Waals surface area contributed by atoms with Gasteiger partial charge in [-0.05, 0) is 24.5 Å². The summed E-state index contributed by atoms with van der Waals surface area (Å²) in [6, 6.07) is 39.2. The summed E-state index contributed by atoms with van der Waals surface area (Å²) in [5.74, 6) is -1.34. The van der Waals surface area contributed by atoms with Gasteiger partial charge in [0.25, 0.3) is 0 Å². The van der Waals surface area contributed by atoms with Crippen LogP contribution in [-0.4, -0.2) is 28.1 Å². The Morgan fingerprint density at radius 2 is 1.33 bits per heavy atom. The van der Waals surface area contributed by atoms with Crippen molar-refractivity contribution in [1.29, 1.82) is 0 Å². The lowest BCUT2D eigenvalue weighted by molar-refractivity contribution is -0.149. The van der Waals surface area contributed by atoms with Crippen LogP contribution >= 0.6 is 0 Å². The molecule has 0 saturated heterocycles. The van der Waals surface area contributed by atoms with Crippen LogP contribution < -0.4 is 0 Å². The van der Waals surface area contributed by atoms with Crippen LogP contribution in [0.5, 0.6) is 0 Å². The third-order valence-corrected chi connectivity index (χ3v) is 7.06. The molecule has 3 atom stereocenters. The first-order valence-electron chi connectivity index (χ1n) is 13.2. The van der Waals surface area contributed by atoms with E-state index in [-0.39, 0.29) is 24.9 Å². The number of esters is 1. The van der Waals surface area contributed by atoms with Crippen LogP contribution in [0.15, 0.2) is 132 Å². The summed E-state index contributed by atoms with van der Waals surface area (Å²) >= 11 is 0. The zero-order valence-electron chi connectivity index (χ0n) is 22.0. The molecule has 1 aliphatic rings. The molecule has 0 amide bonds. The zero-order chi connectivity index (χ0) is 27.1. The Morgan fingerprint density at radius 1 is 0.821 bits per heavy atom. The highest BCUT2D eigenvalue weighted by molar-refractivity contribution is 6.13. The summed E-state index contributed by atoms with van der Waals surface area (Å²) in [6.45, 7) is 1.97. The van der Waals surface area contributed by atoms with Gasteiger partial charge in [0.05, 0.1) is 11.3 Å². The van der Waals surface area contributed by atoms with E-state index >= 15 is 0 Å². The molecule has 0 bridgehead atoms. The number of nitrogens with zero attached hydrogens (tertiary/aromatic N) is 2. The van der Waals surface area contributed by atoms with Gasteiger partial charge in [0, 0.05) is 23.5 Å². The van der Waals surface area contributed by atoms with Crippen molar-refractivity contribution in [1.82, 2.24) is 0 Å². The van der Waals surface area contributed by atoms with Crippen LogP contribution in [0.3, 0.4) is 0 Å². The smallest absolute Gasteiger partial charge is 0.315 e. The molecule has 0 heterocycles. The molecule has 0 unspecified atom stereocenters. The minimum atomic E-state index is -1.05. The molecule has 0 aliphatic heterocycles. The molecule has 39 heavy (non-hydrogen) atoms. The molecule has 5 heteroatoms. The minimum absolute atomic E-state index is 0.171. The Kier molecular flexibility index (Phi) is 8.09. The molecule has 1 saturated carbocycles. The van der Waals surface area contributed by atoms with Gasteiger partial charge in [0.2, 0.25) is 0 Å². The predicted octanol–water partition coefficient (Wildman–Crippen LogP) is 6.57. The highest BCUT2D eigenvalue weighted by Gasteiger charge is 2.45. The van der Waals surface area contributed by atoms with Crippen molar-refractivity contribution in [3.05, 3.63) is 144 Å². The van der Waals surface area contributed by atoms with Crippen molar-refractivity contribution in [3.63, 3.8) is 0 Å². The van der Waals surface area contributed by atoms with Gasteiger partial charge in [0.1, 0.15) is 18.2 Å². The first kappa shape index (κ1) is 26.3. The highest BCUT2D eigenvalue weighted by atomic mass is 16.5. The molecule has 5 rings (SSSR count). The van der Waals surface area contributed by atoms with Crippen LogP contribution in [0, 0.1) is 5.92 Å². The number of rotatable bonds is 7. The van der Waals surface area contributed by atoms with Gasteiger partial charge in [-0.15, -0.1) is 5.10 Å².